The predicted octanol–water partition coefficient (Wildman–Crippen LogP) is 2.67. The van der Waals surface area contributed by atoms with E-state index in [1.54, 1.807) is 0 Å². The van der Waals surface area contributed by atoms with Crippen LogP contribution in [0.5, 0.6) is 0 Å². The van der Waals surface area contributed by atoms with Gasteiger partial charge in [-0.05, 0) is 32.5 Å². The number of aromatic nitrogens is 1. The van der Waals surface area contributed by atoms with E-state index < -0.39 is 28.7 Å². The zero-order chi connectivity index (χ0) is 10.9. The monoisotopic (exact) mass is 318 g/mol. The normalized spacial score (nSPS) is 10.6. The molecule has 76 valence electrons. The van der Waals surface area contributed by atoms with Gasteiger partial charge in [0.05, 0.1) is 9.64 Å². The Balaban J connectivity index is 3.35. The third-order valence-corrected chi connectivity index (χ3v) is 2.10. The van der Waals surface area contributed by atoms with Gasteiger partial charge in [0.15, 0.2) is 5.82 Å². The minimum atomic E-state index is -3.16. The van der Waals surface area contributed by atoms with Gasteiger partial charge >= 0.3 is 12.2 Å². The highest BCUT2D eigenvalue weighted by atomic mass is 127. The van der Waals surface area contributed by atoms with Gasteiger partial charge in [-0.2, -0.15) is 0 Å². The smallest absolute Gasteiger partial charge is 0.358 e. The molecule has 0 atom stereocenters. The molecule has 1 heterocycles. The maximum Gasteiger partial charge on any atom is 0.365 e. The molecule has 0 aliphatic carbocycles. The topological polar surface area (TPSA) is 56.0 Å². The van der Waals surface area contributed by atoms with Crippen LogP contribution in [0.3, 0.4) is 0 Å². The van der Waals surface area contributed by atoms with Crippen molar-refractivity contribution in [2.45, 2.75) is 6.43 Å². The summed E-state index contributed by atoms with van der Waals surface area (Å²) in [6.07, 6.45) is -3.16. The number of hydrogen-bond acceptors (Lipinski definition) is 3. The molecule has 0 spiro atoms. The quantitative estimate of drug-likeness (QED) is 0.478. The highest BCUT2D eigenvalue weighted by Crippen LogP contribution is 2.26. The summed E-state index contributed by atoms with van der Waals surface area (Å²) in [6.45, 7) is 0. The van der Waals surface area contributed by atoms with Gasteiger partial charge in [-0.25, -0.2) is 13.2 Å². The van der Waals surface area contributed by atoms with E-state index in [1.807, 2.05) is 0 Å². The van der Waals surface area contributed by atoms with E-state index in [2.05, 4.69) is 4.98 Å². The summed E-state index contributed by atoms with van der Waals surface area (Å²) in [5, 5.41) is 10.2. The minimum absolute atomic E-state index is 0.250. The average molecular weight is 318 g/mol. The maximum atomic E-state index is 12.9. The molecule has 8 heteroatoms. The Morgan fingerprint density at radius 2 is 2.14 bits per heavy atom. The summed E-state index contributed by atoms with van der Waals surface area (Å²) < 4.78 is 36.9. The molecule has 0 bridgehead atoms. The van der Waals surface area contributed by atoms with Crippen LogP contribution in [0.15, 0.2) is 6.07 Å². The fraction of sp³-hybridized carbons (Fsp3) is 0.167. The van der Waals surface area contributed by atoms with Gasteiger partial charge in [-0.3, -0.25) is 0 Å². The van der Waals surface area contributed by atoms with Gasteiger partial charge < -0.3 is 10.1 Å². The lowest BCUT2D eigenvalue weighted by molar-refractivity contribution is -0.389. The molecular weight excluding hydrogens is 316 g/mol. The Morgan fingerprint density at radius 1 is 1.57 bits per heavy atom. The summed E-state index contributed by atoms with van der Waals surface area (Å²) in [6, 6.07) is 0.793. The molecule has 1 aromatic heterocycles. The first-order chi connectivity index (χ1) is 6.43. The van der Waals surface area contributed by atoms with Gasteiger partial charge in [0.25, 0.3) is 5.69 Å². The molecular formula is C6H2F3IN2O2. The number of alkyl halides is 2. The van der Waals surface area contributed by atoms with E-state index in [0.29, 0.717) is 0 Å². The van der Waals surface area contributed by atoms with Crippen molar-refractivity contribution in [2.24, 2.45) is 0 Å². The van der Waals surface area contributed by atoms with Crippen LogP contribution < -0.4 is 0 Å². The summed E-state index contributed by atoms with van der Waals surface area (Å²) in [5.41, 5.74) is -1.19. The molecule has 0 aromatic carbocycles. The Hall–Kier alpha value is -0.930. The Labute approximate surface area is 89.4 Å². The van der Waals surface area contributed by atoms with Gasteiger partial charge in [0, 0.05) is 0 Å². The van der Waals surface area contributed by atoms with Gasteiger partial charge in [-0.15, -0.1) is 0 Å². The van der Waals surface area contributed by atoms with Gasteiger partial charge in [0.1, 0.15) is 0 Å². The van der Waals surface area contributed by atoms with Crippen molar-refractivity contribution < 1.29 is 18.1 Å². The lowest BCUT2D eigenvalue weighted by atomic mass is 10.3. The number of nitrogens with zero attached hydrogens (tertiary/aromatic N) is 2. The Bertz CT molecular complexity index is 386. The lowest BCUT2D eigenvalue weighted by Gasteiger charge is -1.99. The van der Waals surface area contributed by atoms with Gasteiger partial charge in [-0.1, -0.05) is 0 Å². The summed E-state index contributed by atoms with van der Waals surface area (Å²) in [4.78, 5) is 12.2. The summed E-state index contributed by atoms with van der Waals surface area (Å²) in [5.74, 6) is -2.00. The summed E-state index contributed by atoms with van der Waals surface area (Å²) >= 11 is 1.39. The molecule has 0 saturated carbocycles. The van der Waals surface area contributed by atoms with Crippen molar-refractivity contribution in [3.05, 3.63) is 31.3 Å². The lowest BCUT2D eigenvalue weighted by Crippen LogP contribution is -2.02. The molecule has 0 aliphatic rings. The largest absolute Gasteiger partial charge is 0.365 e. The Kier molecular flexibility index (Phi) is 3.24. The van der Waals surface area contributed by atoms with Crippen LogP contribution in [-0.4, -0.2) is 9.91 Å². The van der Waals surface area contributed by atoms with E-state index in [-0.39, 0.29) is 3.57 Å². The van der Waals surface area contributed by atoms with Crippen LogP contribution in [0.25, 0.3) is 0 Å². The maximum absolute atomic E-state index is 12.9. The second-order valence-electron chi connectivity index (χ2n) is 2.22. The molecule has 0 saturated heterocycles. The molecule has 0 amide bonds. The molecule has 4 nitrogen and oxygen atoms in total. The van der Waals surface area contributed by atoms with E-state index >= 15 is 0 Å². The van der Waals surface area contributed by atoms with E-state index in [4.69, 9.17) is 0 Å². The van der Waals surface area contributed by atoms with Crippen molar-refractivity contribution in [1.82, 2.24) is 4.98 Å². The number of halogens is 4. The molecule has 1 aromatic rings. The molecule has 0 N–H and O–H groups in total. The fourth-order valence-electron chi connectivity index (χ4n) is 0.742. The molecule has 0 aliphatic heterocycles. The van der Waals surface area contributed by atoms with Crippen LogP contribution in [0, 0.1) is 19.5 Å². The van der Waals surface area contributed by atoms with Crippen LogP contribution in [0.1, 0.15) is 12.1 Å². The number of pyridine rings is 1. The number of hydrogen-bond donors (Lipinski definition) is 0. The van der Waals surface area contributed by atoms with E-state index in [9.17, 15) is 23.3 Å². The standard InChI is InChI=1S/C6H2F3IN2O2/c7-4-2(10)1-3(12(13)14)11-5(4)6(8)9/h1,6H. The molecule has 0 fully saturated rings. The minimum Gasteiger partial charge on any atom is -0.358 e. The second kappa shape index (κ2) is 4.07. The first-order valence-electron chi connectivity index (χ1n) is 3.22. The van der Waals surface area contributed by atoms with E-state index in [0.717, 1.165) is 6.07 Å². The van der Waals surface area contributed by atoms with Crippen molar-refractivity contribution in [3.8, 4) is 0 Å². The SMILES string of the molecule is O=[N+]([O-])c1cc(I)c(F)c(C(F)F)n1. The van der Waals surface area contributed by atoms with Crippen molar-refractivity contribution >= 4 is 28.4 Å². The molecule has 14 heavy (non-hydrogen) atoms. The van der Waals surface area contributed by atoms with Crippen LogP contribution in [-0.2, 0) is 0 Å². The van der Waals surface area contributed by atoms with E-state index in [1.165, 1.54) is 22.6 Å². The first kappa shape index (κ1) is 11.1. The van der Waals surface area contributed by atoms with Crippen molar-refractivity contribution in [2.75, 3.05) is 0 Å². The van der Waals surface area contributed by atoms with Crippen molar-refractivity contribution in [1.29, 1.82) is 0 Å². The second-order valence-corrected chi connectivity index (χ2v) is 3.38. The highest BCUT2D eigenvalue weighted by Gasteiger charge is 2.26. The molecule has 1 rings (SSSR count). The third kappa shape index (κ3) is 2.11. The molecule has 0 unspecified atom stereocenters. The molecule has 0 radical (unpaired) electrons. The van der Waals surface area contributed by atoms with Gasteiger partial charge in [0.2, 0.25) is 0 Å². The zero-order valence-corrected chi connectivity index (χ0v) is 8.53. The fourth-order valence-corrected chi connectivity index (χ4v) is 1.30. The van der Waals surface area contributed by atoms with Crippen LogP contribution in [0.2, 0.25) is 0 Å². The zero-order valence-electron chi connectivity index (χ0n) is 6.38. The number of rotatable bonds is 2. The Morgan fingerprint density at radius 3 is 2.57 bits per heavy atom. The highest BCUT2D eigenvalue weighted by molar-refractivity contribution is 14.1. The third-order valence-electron chi connectivity index (χ3n) is 1.32. The predicted molar refractivity (Wildman–Crippen MR) is 48.5 cm³/mol. The van der Waals surface area contributed by atoms with Crippen LogP contribution in [0.4, 0.5) is 19.0 Å². The summed E-state index contributed by atoms with van der Waals surface area (Å²) in [7, 11) is 0. The average Bonchev–Trinajstić information content (AvgIpc) is 2.08. The van der Waals surface area contributed by atoms with Crippen molar-refractivity contribution in [3.63, 3.8) is 0 Å². The number of nitro groups is 1. The first-order valence-corrected chi connectivity index (χ1v) is 4.30. The van der Waals surface area contributed by atoms with Crippen LogP contribution >= 0.6 is 22.6 Å².